The summed E-state index contributed by atoms with van der Waals surface area (Å²) in [4.78, 5) is 0. The van der Waals surface area contributed by atoms with E-state index >= 15 is 0 Å². The number of rotatable bonds is 6. The molecule has 2 aromatic rings. The minimum absolute atomic E-state index is 0.0419. The molecule has 0 aliphatic carbocycles. The van der Waals surface area contributed by atoms with Crippen LogP contribution in [0.3, 0.4) is 0 Å². The van der Waals surface area contributed by atoms with Gasteiger partial charge in [0.05, 0.1) is 0 Å². The summed E-state index contributed by atoms with van der Waals surface area (Å²) in [7, 11) is -3.36. The van der Waals surface area contributed by atoms with Crippen molar-refractivity contribution >= 4 is 15.4 Å². The average molecular weight is 387 g/mol. The quantitative estimate of drug-likeness (QED) is 0.506. The van der Waals surface area contributed by atoms with Crippen molar-refractivity contribution in [2.45, 2.75) is 39.4 Å². The molecule has 0 radical (unpaired) electrons. The first-order valence-corrected chi connectivity index (χ1v) is 10.5. The van der Waals surface area contributed by atoms with E-state index in [9.17, 15) is 8.42 Å². The van der Waals surface area contributed by atoms with Crippen LogP contribution in [0.2, 0.25) is 0 Å². The number of sulfone groups is 1. The Morgan fingerprint density at radius 1 is 1.26 bits per heavy atom. The molecule has 0 aliphatic rings. The largest absolute Gasteiger partial charge is 0.489 e. The zero-order valence-corrected chi connectivity index (χ0v) is 17.3. The molecule has 0 spiro atoms. The number of ether oxygens (including phenoxy) is 1. The lowest BCUT2D eigenvalue weighted by molar-refractivity contribution is 0.302. The number of hydrogen-bond acceptors (Lipinski definition) is 4. The van der Waals surface area contributed by atoms with Crippen LogP contribution in [0.1, 0.15) is 37.7 Å². The Morgan fingerprint density at radius 2 is 1.89 bits per heavy atom. The Morgan fingerprint density at radius 3 is 2.41 bits per heavy atom. The van der Waals surface area contributed by atoms with E-state index in [-0.39, 0.29) is 11.7 Å². The second-order valence-corrected chi connectivity index (χ2v) is 7.55. The van der Waals surface area contributed by atoms with Crippen molar-refractivity contribution in [2.75, 3.05) is 6.26 Å². The molecule has 4 nitrogen and oxygen atoms in total. The van der Waals surface area contributed by atoms with Crippen LogP contribution in [-0.2, 0) is 16.4 Å². The second-order valence-electron chi connectivity index (χ2n) is 5.61. The van der Waals surface area contributed by atoms with Crippen molar-refractivity contribution in [1.82, 2.24) is 0 Å². The van der Waals surface area contributed by atoms with Crippen LogP contribution in [0, 0.1) is 19.3 Å². The molecule has 1 aromatic heterocycles. The second kappa shape index (κ2) is 10.4. The third-order valence-electron chi connectivity index (χ3n) is 3.61. The highest BCUT2D eigenvalue weighted by Crippen LogP contribution is 2.22. The first-order valence-electron chi connectivity index (χ1n) is 8.63. The van der Waals surface area contributed by atoms with Gasteiger partial charge in [0.1, 0.15) is 18.1 Å². The predicted octanol–water partition coefficient (Wildman–Crippen LogP) is 5.19. The SMILES string of the molecule is C#C/C=C\C=C(/C)c1ccc(OCc2cc(S(C)(=O)=O)oc2C)cc1.CC. The zero-order valence-electron chi connectivity index (χ0n) is 16.4. The summed E-state index contributed by atoms with van der Waals surface area (Å²) in [6.07, 6.45) is 11.7. The summed E-state index contributed by atoms with van der Waals surface area (Å²) in [5.41, 5.74) is 2.86. The van der Waals surface area contributed by atoms with Crippen molar-refractivity contribution in [2.24, 2.45) is 0 Å². The van der Waals surface area contributed by atoms with Gasteiger partial charge in [0, 0.05) is 17.9 Å². The summed E-state index contributed by atoms with van der Waals surface area (Å²) >= 11 is 0. The average Bonchev–Trinajstić information content (AvgIpc) is 3.03. The number of allylic oxidation sites excluding steroid dienone is 4. The molecule has 0 atom stereocenters. The highest BCUT2D eigenvalue weighted by atomic mass is 32.2. The van der Waals surface area contributed by atoms with Gasteiger partial charge in [0.15, 0.2) is 0 Å². The van der Waals surface area contributed by atoms with E-state index in [4.69, 9.17) is 15.6 Å². The van der Waals surface area contributed by atoms with Gasteiger partial charge in [-0.05, 0) is 43.2 Å². The van der Waals surface area contributed by atoms with Crippen molar-refractivity contribution in [1.29, 1.82) is 0 Å². The maximum absolute atomic E-state index is 11.5. The number of aryl methyl sites for hydroxylation is 1. The fourth-order valence-electron chi connectivity index (χ4n) is 2.14. The van der Waals surface area contributed by atoms with E-state index < -0.39 is 9.84 Å². The van der Waals surface area contributed by atoms with Gasteiger partial charge in [-0.2, -0.15) is 0 Å². The normalized spacial score (nSPS) is 11.6. The van der Waals surface area contributed by atoms with E-state index in [1.807, 2.05) is 57.2 Å². The molecule has 27 heavy (non-hydrogen) atoms. The van der Waals surface area contributed by atoms with Gasteiger partial charge in [-0.25, -0.2) is 8.42 Å². The van der Waals surface area contributed by atoms with Crippen LogP contribution in [-0.4, -0.2) is 14.7 Å². The van der Waals surface area contributed by atoms with Crippen LogP contribution < -0.4 is 4.74 Å². The van der Waals surface area contributed by atoms with Crippen molar-refractivity contribution < 1.29 is 17.6 Å². The number of terminal acetylenes is 1. The molecule has 1 heterocycles. The Balaban J connectivity index is 0.00000176. The highest BCUT2D eigenvalue weighted by molar-refractivity contribution is 7.90. The lowest BCUT2D eigenvalue weighted by Crippen LogP contribution is -1.96. The molecule has 0 bridgehead atoms. The summed E-state index contributed by atoms with van der Waals surface area (Å²) in [5, 5.41) is -0.0419. The molecule has 0 N–H and O–H groups in total. The third kappa shape index (κ3) is 6.84. The van der Waals surface area contributed by atoms with Crippen LogP contribution in [0.4, 0.5) is 0 Å². The summed E-state index contributed by atoms with van der Waals surface area (Å²) in [5.74, 6) is 3.67. The van der Waals surface area contributed by atoms with Crippen molar-refractivity contribution in [3.05, 3.63) is 65.4 Å². The van der Waals surface area contributed by atoms with E-state index in [0.29, 0.717) is 17.1 Å². The maximum Gasteiger partial charge on any atom is 0.218 e. The minimum atomic E-state index is -3.36. The monoisotopic (exact) mass is 386 g/mol. The topological polar surface area (TPSA) is 56.5 Å². The van der Waals surface area contributed by atoms with Gasteiger partial charge in [-0.15, -0.1) is 6.42 Å². The molecule has 144 valence electrons. The number of benzene rings is 1. The van der Waals surface area contributed by atoms with Gasteiger partial charge in [-0.3, -0.25) is 0 Å². The summed E-state index contributed by atoms with van der Waals surface area (Å²) in [6.45, 7) is 7.95. The van der Waals surface area contributed by atoms with E-state index in [0.717, 1.165) is 17.4 Å². The molecule has 2 rings (SSSR count). The molecule has 5 heteroatoms. The first kappa shape index (κ1) is 22.3. The van der Waals surface area contributed by atoms with Crippen molar-refractivity contribution in [3.8, 4) is 18.1 Å². The lowest BCUT2D eigenvalue weighted by Gasteiger charge is -2.07. The molecule has 1 aromatic carbocycles. The predicted molar refractivity (Wildman–Crippen MR) is 110 cm³/mol. The van der Waals surface area contributed by atoms with Gasteiger partial charge in [0.25, 0.3) is 0 Å². The minimum Gasteiger partial charge on any atom is -0.489 e. The lowest BCUT2D eigenvalue weighted by atomic mass is 10.1. The highest BCUT2D eigenvalue weighted by Gasteiger charge is 2.16. The summed E-state index contributed by atoms with van der Waals surface area (Å²) in [6, 6.07) is 9.14. The molecule has 0 saturated heterocycles. The Bertz CT molecular complexity index is 937. The Labute approximate surface area is 162 Å². The van der Waals surface area contributed by atoms with Crippen LogP contribution >= 0.6 is 0 Å². The van der Waals surface area contributed by atoms with Crippen molar-refractivity contribution in [3.63, 3.8) is 0 Å². The molecule has 0 aliphatic heterocycles. The van der Waals surface area contributed by atoms with Crippen LogP contribution in [0.5, 0.6) is 5.75 Å². The molecule has 0 unspecified atom stereocenters. The number of furan rings is 1. The van der Waals surface area contributed by atoms with E-state index in [2.05, 4.69) is 5.92 Å². The van der Waals surface area contributed by atoms with Gasteiger partial charge < -0.3 is 9.15 Å². The molecule has 0 fully saturated rings. The molecular formula is C22H26O4S. The molecular weight excluding hydrogens is 360 g/mol. The standard InChI is InChI=1S/C20H20O4S.C2H6/c1-5-6-7-8-15(2)17-9-11-19(12-10-17)23-14-18-13-20(24-16(18)3)25(4,21)22;1-2/h1,6-13H,14H2,2-4H3;1-2H3/b7-6-,15-8+;. The Kier molecular flexibility index (Phi) is 8.64. The van der Waals surface area contributed by atoms with Gasteiger partial charge >= 0.3 is 0 Å². The fraction of sp³-hybridized carbons (Fsp3) is 0.273. The molecule has 0 saturated carbocycles. The zero-order chi connectivity index (χ0) is 20.4. The van der Waals surface area contributed by atoms with E-state index in [1.54, 1.807) is 13.0 Å². The summed E-state index contributed by atoms with van der Waals surface area (Å²) < 4.78 is 34.0. The van der Waals surface area contributed by atoms with Crippen LogP contribution in [0.25, 0.3) is 5.57 Å². The van der Waals surface area contributed by atoms with Gasteiger partial charge in [0.2, 0.25) is 14.9 Å². The number of hydrogen-bond donors (Lipinski definition) is 0. The third-order valence-corrected chi connectivity index (χ3v) is 4.54. The smallest absolute Gasteiger partial charge is 0.218 e. The van der Waals surface area contributed by atoms with Gasteiger partial charge in [-0.1, -0.05) is 44.1 Å². The van der Waals surface area contributed by atoms with Crippen LogP contribution in [0.15, 0.2) is 58.1 Å². The van der Waals surface area contributed by atoms with E-state index in [1.165, 1.54) is 6.07 Å². The maximum atomic E-state index is 11.5. The first-order chi connectivity index (χ1) is 12.8. The molecule has 0 amide bonds. The Hall–Kier alpha value is -2.71. The fourth-order valence-corrected chi connectivity index (χ4v) is 2.77.